The highest BCUT2D eigenvalue weighted by atomic mass is 15.2. The van der Waals surface area contributed by atoms with Crippen LogP contribution >= 0.6 is 0 Å². The van der Waals surface area contributed by atoms with E-state index in [1.807, 2.05) is 0 Å². The highest BCUT2D eigenvalue weighted by Crippen LogP contribution is 2.27. The fourth-order valence-electron chi connectivity index (χ4n) is 3.19. The summed E-state index contributed by atoms with van der Waals surface area (Å²) in [6.45, 7) is 7.84. The first-order chi connectivity index (χ1) is 9.85. The molecule has 1 unspecified atom stereocenters. The summed E-state index contributed by atoms with van der Waals surface area (Å²) in [6.07, 6.45) is 7.94. The minimum atomic E-state index is 0.762. The lowest BCUT2D eigenvalue weighted by molar-refractivity contribution is 0.435. The van der Waals surface area contributed by atoms with Gasteiger partial charge >= 0.3 is 0 Å². The van der Waals surface area contributed by atoms with Crippen LogP contribution in [0.5, 0.6) is 0 Å². The van der Waals surface area contributed by atoms with E-state index >= 15 is 0 Å². The summed E-state index contributed by atoms with van der Waals surface area (Å²) in [5.41, 5.74) is 2.81. The molecule has 0 aromatic heterocycles. The molecule has 1 fully saturated rings. The third-order valence-electron chi connectivity index (χ3n) is 4.27. The summed E-state index contributed by atoms with van der Waals surface area (Å²) < 4.78 is 0. The van der Waals surface area contributed by atoms with E-state index in [0.717, 1.165) is 19.1 Å². The van der Waals surface area contributed by atoms with Gasteiger partial charge in [0, 0.05) is 24.8 Å². The predicted octanol–water partition coefficient (Wildman–Crippen LogP) is 4.35. The van der Waals surface area contributed by atoms with E-state index in [1.54, 1.807) is 0 Å². The normalized spacial score (nSPS) is 19.3. The molecule has 1 N–H and O–H groups in total. The fraction of sp³-hybridized carbons (Fsp3) is 0.667. The Kier molecular flexibility index (Phi) is 6.38. The molecule has 0 bridgehead atoms. The molecule has 1 aromatic carbocycles. The summed E-state index contributed by atoms with van der Waals surface area (Å²) in [4.78, 5) is 2.64. The number of hydrogen-bond donors (Lipinski definition) is 1. The highest BCUT2D eigenvalue weighted by Gasteiger charge is 2.21. The van der Waals surface area contributed by atoms with Gasteiger partial charge < -0.3 is 10.2 Å². The van der Waals surface area contributed by atoms with Crippen molar-refractivity contribution in [3.63, 3.8) is 0 Å². The van der Waals surface area contributed by atoms with Crippen LogP contribution in [0.15, 0.2) is 24.3 Å². The molecule has 112 valence electrons. The molecule has 1 saturated heterocycles. The van der Waals surface area contributed by atoms with Gasteiger partial charge in [0.05, 0.1) is 0 Å². The Morgan fingerprint density at radius 2 is 1.90 bits per heavy atom. The van der Waals surface area contributed by atoms with E-state index in [1.165, 1.54) is 56.3 Å². The van der Waals surface area contributed by atoms with Gasteiger partial charge in [-0.2, -0.15) is 0 Å². The zero-order valence-electron chi connectivity index (χ0n) is 13.2. The first-order valence-electron chi connectivity index (χ1n) is 8.41. The van der Waals surface area contributed by atoms with Crippen LogP contribution in [0.25, 0.3) is 0 Å². The van der Waals surface area contributed by atoms with Gasteiger partial charge in [-0.3, -0.25) is 0 Å². The number of benzene rings is 1. The Morgan fingerprint density at radius 3 is 2.60 bits per heavy atom. The largest absolute Gasteiger partial charge is 0.369 e. The number of hydrogen-bond acceptors (Lipinski definition) is 2. The average Bonchev–Trinajstić information content (AvgIpc) is 2.49. The van der Waals surface area contributed by atoms with Crippen LogP contribution in [-0.2, 0) is 6.54 Å². The molecule has 0 spiro atoms. The van der Waals surface area contributed by atoms with Crippen molar-refractivity contribution < 1.29 is 0 Å². The molecule has 1 atom stereocenters. The number of piperidine rings is 1. The molecule has 1 aromatic rings. The van der Waals surface area contributed by atoms with Gasteiger partial charge in [-0.25, -0.2) is 0 Å². The lowest BCUT2D eigenvalue weighted by Gasteiger charge is -2.37. The SMILES string of the molecule is CCCNCc1ccc(N2CCCCC2CCC)cc1. The third-order valence-corrected chi connectivity index (χ3v) is 4.27. The summed E-state index contributed by atoms with van der Waals surface area (Å²) in [6, 6.07) is 9.97. The maximum Gasteiger partial charge on any atom is 0.0368 e. The molecular weight excluding hydrogens is 244 g/mol. The van der Waals surface area contributed by atoms with E-state index in [-0.39, 0.29) is 0 Å². The minimum absolute atomic E-state index is 0.762. The molecule has 2 heteroatoms. The maximum atomic E-state index is 3.47. The van der Waals surface area contributed by atoms with Crippen molar-refractivity contribution in [2.24, 2.45) is 0 Å². The van der Waals surface area contributed by atoms with Crippen molar-refractivity contribution in [1.82, 2.24) is 5.32 Å². The second-order valence-electron chi connectivity index (χ2n) is 5.97. The van der Waals surface area contributed by atoms with Crippen molar-refractivity contribution in [2.75, 3.05) is 18.0 Å². The standard InChI is InChI=1S/C18H30N2/c1-3-7-17-8-5-6-14-20(17)18-11-9-16(10-12-18)15-19-13-4-2/h9-12,17,19H,3-8,13-15H2,1-2H3. The van der Waals surface area contributed by atoms with Crippen molar-refractivity contribution in [2.45, 2.75) is 65.0 Å². The molecular formula is C18H30N2. The topological polar surface area (TPSA) is 15.3 Å². The number of nitrogens with one attached hydrogen (secondary N) is 1. The van der Waals surface area contributed by atoms with E-state index in [2.05, 4.69) is 48.3 Å². The highest BCUT2D eigenvalue weighted by molar-refractivity contribution is 5.49. The number of anilines is 1. The first kappa shape index (κ1) is 15.4. The number of nitrogens with zero attached hydrogens (tertiary/aromatic N) is 1. The second kappa shape index (κ2) is 8.31. The molecule has 2 nitrogen and oxygen atoms in total. The van der Waals surface area contributed by atoms with Crippen LogP contribution in [0.1, 0.15) is 57.9 Å². The van der Waals surface area contributed by atoms with Gasteiger partial charge in [-0.15, -0.1) is 0 Å². The third kappa shape index (κ3) is 4.24. The van der Waals surface area contributed by atoms with E-state index in [4.69, 9.17) is 0 Å². The Labute approximate surface area is 124 Å². The minimum Gasteiger partial charge on any atom is -0.369 e. The molecule has 20 heavy (non-hydrogen) atoms. The van der Waals surface area contributed by atoms with E-state index < -0.39 is 0 Å². The van der Waals surface area contributed by atoms with Gasteiger partial charge in [-0.05, 0) is 56.3 Å². The smallest absolute Gasteiger partial charge is 0.0368 e. The van der Waals surface area contributed by atoms with Crippen LogP contribution < -0.4 is 10.2 Å². The molecule has 1 heterocycles. The van der Waals surface area contributed by atoms with Crippen LogP contribution in [0.4, 0.5) is 5.69 Å². The summed E-state index contributed by atoms with van der Waals surface area (Å²) in [5, 5.41) is 3.47. The Hall–Kier alpha value is -1.02. The van der Waals surface area contributed by atoms with Gasteiger partial charge in [-0.1, -0.05) is 32.4 Å². The molecule has 2 rings (SSSR count). The molecule has 1 aliphatic heterocycles. The Bertz CT molecular complexity index is 370. The van der Waals surface area contributed by atoms with E-state index in [0.29, 0.717) is 0 Å². The molecule has 0 amide bonds. The van der Waals surface area contributed by atoms with Crippen LogP contribution in [0.3, 0.4) is 0 Å². The quantitative estimate of drug-likeness (QED) is 0.744. The maximum absolute atomic E-state index is 3.47. The molecule has 1 aliphatic rings. The first-order valence-corrected chi connectivity index (χ1v) is 8.41. The van der Waals surface area contributed by atoms with Crippen molar-refractivity contribution in [3.05, 3.63) is 29.8 Å². The summed E-state index contributed by atoms with van der Waals surface area (Å²) in [7, 11) is 0. The summed E-state index contributed by atoms with van der Waals surface area (Å²) in [5.74, 6) is 0. The second-order valence-corrected chi connectivity index (χ2v) is 5.97. The predicted molar refractivity (Wildman–Crippen MR) is 88.3 cm³/mol. The van der Waals surface area contributed by atoms with Crippen molar-refractivity contribution in [3.8, 4) is 0 Å². The zero-order chi connectivity index (χ0) is 14.2. The zero-order valence-corrected chi connectivity index (χ0v) is 13.2. The van der Waals surface area contributed by atoms with Gasteiger partial charge in [0.15, 0.2) is 0 Å². The Morgan fingerprint density at radius 1 is 1.10 bits per heavy atom. The van der Waals surface area contributed by atoms with Crippen LogP contribution in [0, 0.1) is 0 Å². The Balaban J connectivity index is 1.96. The monoisotopic (exact) mass is 274 g/mol. The lowest BCUT2D eigenvalue weighted by atomic mass is 9.97. The molecule has 0 radical (unpaired) electrons. The average molecular weight is 274 g/mol. The van der Waals surface area contributed by atoms with Crippen molar-refractivity contribution in [1.29, 1.82) is 0 Å². The lowest BCUT2D eigenvalue weighted by Crippen LogP contribution is -2.39. The summed E-state index contributed by atoms with van der Waals surface area (Å²) >= 11 is 0. The van der Waals surface area contributed by atoms with Gasteiger partial charge in [0.25, 0.3) is 0 Å². The van der Waals surface area contributed by atoms with Gasteiger partial charge in [0.1, 0.15) is 0 Å². The molecule has 0 aliphatic carbocycles. The van der Waals surface area contributed by atoms with Crippen LogP contribution in [-0.4, -0.2) is 19.1 Å². The number of rotatable bonds is 7. The van der Waals surface area contributed by atoms with E-state index in [9.17, 15) is 0 Å². The molecule has 0 saturated carbocycles. The van der Waals surface area contributed by atoms with Crippen molar-refractivity contribution >= 4 is 5.69 Å². The fourth-order valence-corrected chi connectivity index (χ4v) is 3.19. The van der Waals surface area contributed by atoms with Gasteiger partial charge in [0.2, 0.25) is 0 Å². The van der Waals surface area contributed by atoms with Crippen LogP contribution in [0.2, 0.25) is 0 Å².